The van der Waals surface area contributed by atoms with Crippen molar-refractivity contribution in [3.05, 3.63) is 47.8 Å². The first-order valence-electron chi connectivity index (χ1n) is 6.98. The molecule has 0 radical (unpaired) electrons. The Morgan fingerprint density at radius 2 is 1.95 bits per heavy atom. The molecule has 5 heteroatoms. The number of carbonyl (C=O) groups is 1. The monoisotopic (exact) mass is 287 g/mol. The zero-order valence-corrected chi connectivity index (χ0v) is 12.6. The third kappa shape index (κ3) is 3.49. The molecule has 1 amide bonds. The van der Waals surface area contributed by atoms with Crippen LogP contribution < -0.4 is 5.32 Å². The van der Waals surface area contributed by atoms with Crippen LogP contribution in [0.3, 0.4) is 0 Å². The molecule has 0 spiro atoms. The summed E-state index contributed by atoms with van der Waals surface area (Å²) in [6, 6.07) is 9.68. The van der Waals surface area contributed by atoms with Gasteiger partial charge in [0.1, 0.15) is 0 Å². The lowest BCUT2D eigenvalue weighted by atomic mass is 9.89. The average Bonchev–Trinajstić information content (AvgIpc) is 2.91. The molecule has 0 atom stereocenters. The van der Waals surface area contributed by atoms with Crippen molar-refractivity contribution < 1.29 is 9.90 Å². The van der Waals surface area contributed by atoms with Crippen LogP contribution in [0, 0.1) is 0 Å². The Labute approximate surface area is 124 Å². The van der Waals surface area contributed by atoms with Crippen LogP contribution in [0.1, 0.15) is 36.8 Å². The molecule has 2 aromatic rings. The summed E-state index contributed by atoms with van der Waals surface area (Å²) >= 11 is 0. The van der Waals surface area contributed by atoms with Gasteiger partial charge >= 0.3 is 0 Å². The van der Waals surface area contributed by atoms with Crippen LogP contribution in [0.4, 0.5) is 0 Å². The van der Waals surface area contributed by atoms with Crippen molar-refractivity contribution in [2.24, 2.45) is 0 Å². The molecule has 0 bridgehead atoms. The molecular formula is C16H21N3O2. The van der Waals surface area contributed by atoms with Crippen LogP contribution >= 0.6 is 0 Å². The molecule has 0 aliphatic carbocycles. The van der Waals surface area contributed by atoms with Crippen molar-refractivity contribution in [3.8, 4) is 5.69 Å². The molecule has 1 aromatic carbocycles. The number of hydrogen-bond acceptors (Lipinski definition) is 3. The summed E-state index contributed by atoms with van der Waals surface area (Å²) in [7, 11) is 0. The SMILES string of the molecule is CC(C)(C)c1nn(-c2ccccc2)cc1C(=O)NCCO. The molecule has 0 saturated heterocycles. The summed E-state index contributed by atoms with van der Waals surface area (Å²) in [6.07, 6.45) is 1.74. The number of aliphatic hydroxyl groups excluding tert-OH is 1. The predicted octanol–water partition coefficient (Wildman–Crippen LogP) is 1.89. The van der Waals surface area contributed by atoms with Gasteiger partial charge in [-0.3, -0.25) is 4.79 Å². The average molecular weight is 287 g/mol. The van der Waals surface area contributed by atoms with E-state index in [4.69, 9.17) is 5.11 Å². The second kappa shape index (κ2) is 6.10. The Hall–Kier alpha value is -2.14. The number of aliphatic hydroxyl groups is 1. The molecule has 1 aromatic heterocycles. The Morgan fingerprint density at radius 3 is 2.52 bits per heavy atom. The second-order valence-corrected chi connectivity index (χ2v) is 5.90. The number of para-hydroxylation sites is 1. The number of rotatable bonds is 4. The number of carbonyl (C=O) groups excluding carboxylic acids is 1. The lowest BCUT2D eigenvalue weighted by Gasteiger charge is -2.17. The first-order chi connectivity index (χ1) is 9.93. The zero-order valence-electron chi connectivity index (χ0n) is 12.6. The van der Waals surface area contributed by atoms with Gasteiger partial charge in [0.2, 0.25) is 0 Å². The minimum Gasteiger partial charge on any atom is -0.395 e. The fourth-order valence-corrected chi connectivity index (χ4v) is 2.07. The van der Waals surface area contributed by atoms with Gasteiger partial charge in [-0.25, -0.2) is 4.68 Å². The molecule has 0 unspecified atom stereocenters. The molecule has 0 aliphatic heterocycles. The fourth-order valence-electron chi connectivity index (χ4n) is 2.07. The minimum absolute atomic E-state index is 0.0799. The minimum atomic E-state index is -0.244. The molecular weight excluding hydrogens is 266 g/mol. The van der Waals surface area contributed by atoms with E-state index in [0.29, 0.717) is 5.56 Å². The summed E-state index contributed by atoms with van der Waals surface area (Å²) in [4.78, 5) is 12.2. The Balaban J connectivity index is 2.43. The molecule has 0 aliphatic rings. The van der Waals surface area contributed by atoms with E-state index in [9.17, 15) is 4.79 Å². The largest absolute Gasteiger partial charge is 0.395 e. The first kappa shape index (κ1) is 15.3. The summed E-state index contributed by atoms with van der Waals surface area (Å²) in [5.41, 5.74) is 1.94. The van der Waals surface area contributed by atoms with Gasteiger partial charge in [-0.1, -0.05) is 39.0 Å². The van der Waals surface area contributed by atoms with Crippen LogP contribution in [0.25, 0.3) is 5.69 Å². The second-order valence-electron chi connectivity index (χ2n) is 5.90. The molecule has 1 heterocycles. The van der Waals surface area contributed by atoms with Gasteiger partial charge in [0.05, 0.1) is 23.6 Å². The van der Waals surface area contributed by atoms with Crippen molar-refractivity contribution in [2.75, 3.05) is 13.2 Å². The van der Waals surface area contributed by atoms with E-state index in [1.165, 1.54) is 0 Å². The molecule has 5 nitrogen and oxygen atoms in total. The van der Waals surface area contributed by atoms with Gasteiger partial charge in [0, 0.05) is 18.2 Å². The number of benzene rings is 1. The van der Waals surface area contributed by atoms with Crippen LogP contribution in [-0.4, -0.2) is 33.9 Å². The standard InChI is InChI=1S/C16H21N3O2/c1-16(2,3)14-13(15(21)17-9-10-20)11-19(18-14)12-7-5-4-6-8-12/h4-8,11,20H,9-10H2,1-3H3,(H,17,21). The highest BCUT2D eigenvalue weighted by Gasteiger charge is 2.26. The predicted molar refractivity (Wildman–Crippen MR) is 81.7 cm³/mol. The zero-order chi connectivity index (χ0) is 15.5. The number of amides is 1. The maximum atomic E-state index is 12.2. The lowest BCUT2D eigenvalue weighted by molar-refractivity contribution is 0.0942. The highest BCUT2D eigenvalue weighted by Crippen LogP contribution is 2.25. The van der Waals surface area contributed by atoms with Gasteiger partial charge < -0.3 is 10.4 Å². The third-order valence-corrected chi connectivity index (χ3v) is 3.09. The van der Waals surface area contributed by atoms with Gasteiger partial charge in [0.25, 0.3) is 5.91 Å². The number of nitrogens with zero attached hydrogens (tertiary/aromatic N) is 2. The summed E-state index contributed by atoms with van der Waals surface area (Å²) in [5, 5.41) is 16.1. The quantitative estimate of drug-likeness (QED) is 0.902. The Kier molecular flexibility index (Phi) is 4.43. The van der Waals surface area contributed by atoms with E-state index >= 15 is 0 Å². The maximum Gasteiger partial charge on any atom is 0.254 e. The van der Waals surface area contributed by atoms with E-state index in [2.05, 4.69) is 10.4 Å². The molecule has 0 fully saturated rings. The Morgan fingerprint density at radius 1 is 1.29 bits per heavy atom. The molecule has 21 heavy (non-hydrogen) atoms. The molecule has 2 N–H and O–H groups in total. The van der Waals surface area contributed by atoms with Gasteiger partial charge in [-0.2, -0.15) is 5.10 Å². The highest BCUT2D eigenvalue weighted by atomic mass is 16.3. The fraction of sp³-hybridized carbons (Fsp3) is 0.375. The smallest absolute Gasteiger partial charge is 0.254 e. The number of hydrogen-bond donors (Lipinski definition) is 2. The van der Waals surface area contributed by atoms with Crippen LogP contribution in [-0.2, 0) is 5.41 Å². The van der Waals surface area contributed by atoms with Crippen LogP contribution in [0.2, 0.25) is 0 Å². The first-order valence-corrected chi connectivity index (χ1v) is 6.98. The van der Waals surface area contributed by atoms with Crippen LogP contribution in [0.5, 0.6) is 0 Å². The molecule has 2 rings (SSSR count). The van der Waals surface area contributed by atoms with E-state index in [1.54, 1.807) is 10.9 Å². The van der Waals surface area contributed by atoms with Gasteiger partial charge in [-0.15, -0.1) is 0 Å². The third-order valence-electron chi connectivity index (χ3n) is 3.09. The van der Waals surface area contributed by atoms with E-state index in [0.717, 1.165) is 11.4 Å². The summed E-state index contributed by atoms with van der Waals surface area (Å²) in [6.45, 7) is 6.22. The van der Waals surface area contributed by atoms with E-state index in [1.807, 2.05) is 51.1 Å². The highest BCUT2D eigenvalue weighted by molar-refractivity contribution is 5.95. The van der Waals surface area contributed by atoms with Crippen molar-refractivity contribution in [3.63, 3.8) is 0 Å². The number of nitrogens with one attached hydrogen (secondary N) is 1. The summed E-state index contributed by atoms with van der Waals surface area (Å²) < 4.78 is 1.72. The van der Waals surface area contributed by atoms with Gasteiger partial charge in [0.15, 0.2) is 0 Å². The summed E-state index contributed by atoms with van der Waals surface area (Å²) in [5.74, 6) is -0.212. The van der Waals surface area contributed by atoms with Crippen molar-refractivity contribution in [1.29, 1.82) is 0 Å². The van der Waals surface area contributed by atoms with Gasteiger partial charge in [-0.05, 0) is 12.1 Å². The number of aromatic nitrogens is 2. The maximum absolute atomic E-state index is 12.2. The molecule has 112 valence electrons. The van der Waals surface area contributed by atoms with Crippen molar-refractivity contribution >= 4 is 5.91 Å². The Bertz CT molecular complexity index is 612. The van der Waals surface area contributed by atoms with Crippen LogP contribution in [0.15, 0.2) is 36.5 Å². The van der Waals surface area contributed by atoms with E-state index in [-0.39, 0.29) is 24.5 Å². The molecule has 0 saturated carbocycles. The topological polar surface area (TPSA) is 67.2 Å². The normalized spacial score (nSPS) is 11.4. The van der Waals surface area contributed by atoms with E-state index < -0.39 is 0 Å². The van der Waals surface area contributed by atoms with Crippen molar-refractivity contribution in [1.82, 2.24) is 15.1 Å². The van der Waals surface area contributed by atoms with Crippen molar-refractivity contribution in [2.45, 2.75) is 26.2 Å². The lowest BCUT2D eigenvalue weighted by Crippen LogP contribution is -2.28.